The number of aliphatic hydroxyl groups excluding tert-OH is 1. The lowest BCUT2D eigenvalue weighted by Gasteiger charge is -2.28. The van der Waals surface area contributed by atoms with Crippen molar-refractivity contribution in [3.05, 3.63) is 24.6 Å². The SMILES string of the molecule is C=C(/N=C(C)\C=C/C)NC1CCCC[C@H]1O. The molecule has 90 valence electrons. The van der Waals surface area contributed by atoms with E-state index in [-0.39, 0.29) is 12.1 Å². The first-order valence-electron chi connectivity index (χ1n) is 5.95. The summed E-state index contributed by atoms with van der Waals surface area (Å²) in [6, 6.07) is 0.114. The van der Waals surface area contributed by atoms with Crippen LogP contribution in [0.15, 0.2) is 29.5 Å². The highest BCUT2D eigenvalue weighted by Crippen LogP contribution is 2.19. The molecule has 0 aromatic carbocycles. The Labute approximate surface area is 98.0 Å². The van der Waals surface area contributed by atoms with Gasteiger partial charge < -0.3 is 10.4 Å². The number of hydrogen-bond acceptors (Lipinski definition) is 3. The number of allylic oxidation sites excluding steroid dienone is 2. The van der Waals surface area contributed by atoms with Gasteiger partial charge in [-0.25, -0.2) is 4.99 Å². The van der Waals surface area contributed by atoms with Crippen LogP contribution in [0.5, 0.6) is 0 Å². The van der Waals surface area contributed by atoms with Gasteiger partial charge in [-0.1, -0.05) is 25.5 Å². The Morgan fingerprint density at radius 2 is 2.12 bits per heavy atom. The lowest BCUT2D eigenvalue weighted by atomic mass is 9.93. The minimum absolute atomic E-state index is 0.114. The number of rotatable bonds is 4. The Morgan fingerprint density at radius 1 is 1.44 bits per heavy atom. The molecule has 0 amide bonds. The van der Waals surface area contributed by atoms with Gasteiger partial charge in [-0.2, -0.15) is 0 Å². The summed E-state index contributed by atoms with van der Waals surface area (Å²) in [4.78, 5) is 4.31. The summed E-state index contributed by atoms with van der Waals surface area (Å²) in [7, 11) is 0. The van der Waals surface area contributed by atoms with Crippen LogP contribution in [0.2, 0.25) is 0 Å². The average Bonchev–Trinajstić information content (AvgIpc) is 2.21. The lowest BCUT2D eigenvalue weighted by molar-refractivity contribution is 0.0956. The van der Waals surface area contributed by atoms with E-state index in [1.807, 2.05) is 26.0 Å². The van der Waals surface area contributed by atoms with Crippen LogP contribution in [0.1, 0.15) is 39.5 Å². The molecule has 0 saturated heterocycles. The molecule has 0 bridgehead atoms. The molecule has 2 atom stereocenters. The normalized spacial score (nSPS) is 27.1. The molecule has 1 aliphatic rings. The standard InChI is InChI=1S/C13H22N2O/c1-4-7-10(2)14-11(3)15-12-8-5-6-9-13(12)16/h4,7,12-13,15-16H,3,5-6,8-9H2,1-2H3/b7-4-,14-10-/t12?,13-/m1/s1. The van der Waals surface area contributed by atoms with Gasteiger partial charge in [0.15, 0.2) is 0 Å². The second-order valence-electron chi connectivity index (χ2n) is 4.30. The van der Waals surface area contributed by atoms with Gasteiger partial charge in [0.1, 0.15) is 5.82 Å². The first-order chi connectivity index (χ1) is 7.63. The topological polar surface area (TPSA) is 44.6 Å². The van der Waals surface area contributed by atoms with Crippen molar-refractivity contribution in [2.45, 2.75) is 51.7 Å². The molecule has 16 heavy (non-hydrogen) atoms. The van der Waals surface area contributed by atoms with Crippen molar-refractivity contribution in [1.29, 1.82) is 0 Å². The predicted molar refractivity (Wildman–Crippen MR) is 68.5 cm³/mol. The fourth-order valence-corrected chi connectivity index (χ4v) is 2.02. The van der Waals surface area contributed by atoms with Crippen LogP contribution in [0.4, 0.5) is 0 Å². The Balaban J connectivity index is 2.47. The summed E-state index contributed by atoms with van der Waals surface area (Å²) in [5.41, 5.74) is 0.922. The zero-order valence-electron chi connectivity index (χ0n) is 10.2. The molecule has 0 radical (unpaired) electrons. The van der Waals surface area contributed by atoms with E-state index in [9.17, 15) is 5.11 Å². The van der Waals surface area contributed by atoms with Crippen molar-refractivity contribution in [3.8, 4) is 0 Å². The minimum atomic E-state index is -0.261. The third-order valence-electron chi connectivity index (χ3n) is 2.80. The van der Waals surface area contributed by atoms with E-state index in [0.29, 0.717) is 5.82 Å². The highest BCUT2D eigenvalue weighted by molar-refractivity contribution is 5.93. The highest BCUT2D eigenvalue weighted by Gasteiger charge is 2.22. The van der Waals surface area contributed by atoms with Gasteiger partial charge in [0.05, 0.1) is 12.1 Å². The molecule has 0 aliphatic heterocycles. The van der Waals surface area contributed by atoms with Crippen LogP contribution < -0.4 is 5.32 Å². The van der Waals surface area contributed by atoms with Crippen LogP contribution in [0, 0.1) is 0 Å². The third-order valence-corrected chi connectivity index (χ3v) is 2.80. The number of nitrogens with zero attached hydrogens (tertiary/aromatic N) is 1. The van der Waals surface area contributed by atoms with Crippen molar-refractivity contribution in [1.82, 2.24) is 5.32 Å². The van der Waals surface area contributed by atoms with Gasteiger partial charge in [-0.3, -0.25) is 0 Å². The maximum Gasteiger partial charge on any atom is 0.119 e. The van der Waals surface area contributed by atoms with E-state index in [1.165, 1.54) is 6.42 Å². The average molecular weight is 222 g/mol. The molecule has 1 aliphatic carbocycles. The molecule has 3 nitrogen and oxygen atoms in total. The summed E-state index contributed by atoms with van der Waals surface area (Å²) >= 11 is 0. The van der Waals surface area contributed by atoms with Gasteiger partial charge in [-0.05, 0) is 32.8 Å². The Hall–Kier alpha value is -1.09. The third kappa shape index (κ3) is 4.19. The lowest BCUT2D eigenvalue weighted by Crippen LogP contribution is -2.41. The maximum absolute atomic E-state index is 9.79. The molecule has 0 aromatic heterocycles. The zero-order chi connectivity index (χ0) is 12.0. The van der Waals surface area contributed by atoms with Gasteiger partial charge in [0, 0.05) is 5.71 Å². The van der Waals surface area contributed by atoms with Gasteiger partial charge in [-0.15, -0.1) is 0 Å². The van der Waals surface area contributed by atoms with E-state index in [4.69, 9.17) is 0 Å². The fourth-order valence-electron chi connectivity index (χ4n) is 2.02. The van der Waals surface area contributed by atoms with Crippen LogP contribution in [-0.2, 0) is 0 Å². The van der Waals surface area contributed by atoms with E-state index < -0.39 is 0 Å². The first-order valence-corrected chi connectivity index (χ1v) is 5.95. The van der Waals surface area contributed by atoms with E-state index in [0.717, 1.165) is 25.0 Å². The summed E-state index contributed by atoms with van der Waals surface area (Å²) in [5.74, 6) is 0.640. The molecule has 2 N–H and O–H groups in total. The number of aliphatic imine (C=N–C) groups is 1. The van der Waals surface area contributed by atoms with Crippen molar-refractivity contribution >= 4 is 5.71 Å². The van der Waals surface area contributed by atoms with E-state index >= 15 is 0 Å². The zero-order valence-corrected chi connectivity index (χ0v) is 10.2. The predicted octanol–water partition coefficient (Wildman–Crippen LogP) is 2.39. The highest BCUT2D eigenvalue weighted by atomic mass is 16.3. The molecule has 0 spiro atoms. The number of hydrogen-bond donors (Lipinski definition) is 2. The van der Waals surface area contributed by atoms with Crippen LogP contribution in [0.25, 0.3) is 0 Å². The summed E-state index contributed by atoms with van der Waals surface area (Å²) in [6.45, 7) is 7.75. The van der Waals surface area contributed by atoms with Crippen LogP contribution in [-0.4, -0.2) is 23.0 Å². The summed E-state index contributed by atoms with van der Waals surface area (Å²) < 4.78 is 0. The Morgan fingerprint density at radius 3 is 2.75 bits per heavy atom. The molecule has 1 rings (SSSR count). The van der Waals surface area contributed by atoms with Gasteiger partial charge in [0.25, 0.3) is 0 Å². The molecular weight excluding hydrogens is 200 g/mol. The van der Waals surface area contributed by atoms with Crippen molar-refractivity contribution < 1.29 is 5.11 Å². The van der Waals surface area contributed by atoms with Crippen molar-refractivity contribution in [2.75, 3.05) is 0 Å². The molecular formula is C13H22N2O. The quantitative estimate of drug-likeness (QED) is 0.717. The molecule has 1 fully saturated rings. The second-order valence-corrected chi connectivity index (χ2v) is 4.30. The summed E-state index contributed by atoms with van der Waals surface area (Å²) in [6.07, 6.45) is 7.78. The first kappa shape index (κ1) is 13.0. The molecule has 1 unspecified atom stereocenters. The maximum atomic E-state index is 9.79. The molecule has 0 aromatic rings. The second kappa shape index (κ2) is 6.48. The monoisotopic (exact) mass is 222 g/mol. The van der Waals surface area contributed by atoms with E-state index in [1.54, 1.807) is 0 Å². The smallest absolute Gasteiger partial charge is 0.119 e. The summed E-state index contributed by atoms with van der Waals surface area (Å²) in [5, 5.41) is 13.0. The van der Waals surface area contributed by atoms with Gasteiger partial charge >= 0.3 is 0 Å². The number of aliphatic hydroxyl groups is 1. The molecule has 3 heteroatoms. The molecule has 0 heterocycles. The van der Waals surface area contributed by atoms with Gasteiger partial charge in [0.2, 0.25) is 0 Å². The van der Waals surface area contributed by atoms with E-state index in [2.05, 4.69) is 16.9 Å². The fraction of sp³-hybridized carbons (Fsp3) is 0.615. The van der Waals surface area contributed by atoms with Crippen molar-refractivity contribution in [2.24, 2.45) is 4.99 Å². The van der Waals surface area contributed by atoms with Crippen LogP contribution in [0.3, 0.4) is 0 Å². The largest absolute Gasteiger partial charge is 0.391 e. The Kier molecular flexibility index (Phi) is 5.26. The molecule has 1 saturated carbocycles. The number of nitrogens with one attached hydrogen (secondary N) is 1. The Bertz CT molecular complexity index is 294. The van der Waals surface area contributed by atoms with Crippen molar-refractivity contribution in [3.63, 3.8) is 0 Å². The minimum Gasteiger partial charge on any atom is -0.391 e. The van der Waals surface area contributed by atoms with Crippen LogP contribution >= 0.6 is 0 Å².